The highest BCUT2D eigenvalue weighted by Gasteiger charge is 2.24. The lowest BCUT2D eigenvalue weighted by Gasteiger charge is -2.10. The number of nitrogens with one attached hydrogen (secondary N) is 1. The molecule has 1 fully saturated rings. The van der Waals surface area contributed by atoms with Crippen LogP contribution in [0.25, 0.3) is 0 Å². The van der Waals surface area contributed by atoms with Crippen LogP contribution in [0.3, 0.4) is 0 Å². The van der Waals surface area contributed by atoms with Gasteiger partial charge in [-0.05, 0) is 37.5 Å². The molecule has 21 heavy (non-hydrogen) atoms. The Morgan fingerprint density at radius 2 is 2.00 bits per heavy atom. The molecule has 1 amide bonds. The summed E-state index contributed by atoms with van der Waals surface area (Å²) in [7, 11) is 3.24. The molecular weight excluding hydrogens is 306 g/mol. The van der Waals surface area contributed by atoms with E-state index in [1.807, 2.05) is 25.1 Å². The van der Waals surface area contributed by atoms with Crippen molar-refractivity contribution in [2.45, 2.75) is 19.8 Å². The fourth-order valence-corrected chi connectivity index (χ4v) is 3.17. The van der Waals surface area contributed by atoms with Gasteiger partial charge in [0.25, 0.3) is 5.91 Å². The molecule has 112 valence electrons. The van der Waals surface area contributed by atoms with E-state index in [2.05, 4.69) is 5.32 Å². The van der Waals surface area contributed by atoms with Gasteiger partial charge in [0.15, 0.2) is 11.5 Å². The summed E-state index contributed by atoms with van der Waals surface area (Å²) in [5.41, 5.74) is 2.19. The maximum Gasteiger partial charge on any atom is 0.263 e. The second-order valence-corrected chi connectivity index (χ2v) is 6.33. The number of hydrogen-bond acceptors (Lipinski definition) is 5. The molecule has 1 aliphatic rings. The molecule has 0 radical (unpaired) electrons. The molecule has 1 aromatic carbocycles. The topological polar surface area (TPSA) is 47.6 Å². The van der Waals surface area contributed by atoms with Gasteiger partial charge in [0.1, 0.15) is 4.32 Å². The molecule has 0 saturated carbocycles. The van der Waals surface area contributed by atoms with Gasteiger partial charge < -0.3 is 14.8 Å². The van der Waals surface area contributed by atoms with Gasteiger partial charge in [0.05, 0.1) is 19.1 Å². The maximum absolute atomic E-state index is 11.7. The molecule has 1 saturated heterocycles. The largest absolute Gasteiger partial charge is 0.493 e. The normalized spacial score (nSPS) is 16.7. The number of allylic oxidation sites excluding steroid dienone is 1. The van der Waals surface area contributed by atoms with Crippen molar-refractivity contribution < 1.29 is 14.3 Å². The van der Waals surface area contributed by atoms with E-state index in [9.17, 15) is 4.79 Å². The molecule has 1 heterocycles. The van der Waals surface area contributed by atoms with Gasteiger partial charge in [-0.3, -0.25) is 4.79 Å². The Hall–Kier alpha value is -1.53. The van der Waals surface area contributed by atoms with Crippen molar-refractivity contribution in [1.82, 2.24) is 5.32 Å². The first-order valence-electron chi connectivity index (χ1n) is 6.49. The SMILES string of the molecule is COc1ccc(CC/C(C)=C2\SC(=S)NC2=O)cc1OC. The van der Waals surface area contributed by atoms with Crippen molar-refractivity contribution in [3.05, 3.63) is 34.2 Å². The lowest BCUT2D eigenvalue weighted by atomic mass is 10.0. The van der Waals surface area contributed by atoms with Crippen LogP contribution in [-0.4, -0.2) is 24.4 Å². The first-order chi connectivity index (χ1) is 10.0. The van der Waals surface area contributed by atoms with Crippen LogP contribution in [0.15, 0.2) is 28.7 Å². The zero-order valence-electron chi connectivity index (χ0n) is 12.2. The van der Waals surface area contributed by atoms with E-state index in [1.54, 1.807) is 14.2 Å². The zero-order chi connectivity index (χ0) is 15.4. The van der Waals surface area contributed by atoms with Crippen LogP contribution in [-0.2, 0) is 11.2 Å². The third-order valence-electron chi connectivity index (χ3n) is 3.24. The molecule has 4 nitrogen and oxygen atoms in total. The molecular formula is C15H17NO3S2. The number of carbonyl (C=O) groups is 1. The Balaban J connectivity index is 2.08. The first kappa shape index (κ1) is 15.9. The van der Waals surface area contributed by atoms with Crippen LogP contribution < -0.4 is 14.8 Å². The van der Waals surface area contributed by atoms with Crippen molar-refractivity contribution >= 4 is 34.2 Å². The Bertz CT molecular complexity index is 611. The van der Waals surface area contributed by atoms with Gasteiger partial charge in [-0.1, -0.05) is 35.6 Å². The number of hydrogen-bond donors (Lipinski definition) is 1. The maximum atomic E-state index is 11.7. The number of ether oxygens (including phenoxy) is 2. The highest BCUT2D eigenvalue weighted by Crippen LogP contribution is 2.31. The highest BCUT2D eigenvalue weighted by atomic mass is 32.2. The first-order valence-corrected chi connectivity index (χ1v) is 7.71. The van der Waals surface area contributed by atoms with E-state index < -0.39 is 0 Å². The van der Waals surface area contributed by atoms with Gasteiger partial charge in [-0.2, -0.15) is 0 Å². The lowest BCUT2D eigenvalue weighted by molar-refractivity contribution is -0.115. The number of aryl methyl sites for hydroxylation is 1. The molecule has 1 aliphatic heterocycles. The summed E-state index contributed by atoms with van der Waals surface area (Å²) in [6.07, 6.45) is 1.63. The molecule has 0 atom stereocenters. The van der Waals surface area contributed by atoms with Gasteiger partial charge >= 0.3 is 0 Å². The predicted molar refractivity (Wildman–Crippen MR) is 88.9 cm³/mol. The molecule has 6 heteroatoms. The summed E-state index contributed by atoms with van der Waals surface area (Å²) in [5, 5.41) is 2.64. The van der Waals surface area contributed by atoms with Crippen molar-refractivity contribution in [1.29, 1.82) is 0 Å². The molecule has 0 unspecified atom stereocenters. The fourth-order valence-electron chi connectivity index (χ4n) is 2.08. The Kier molecular flexibility index (Phi) is 5.25. The number of thiocarbonyl (C=S) groups is 1. The molecule has 1 aromatic rings. The summed E-state index contributed by atoms with van der Waals surface area (Å²) >= 11 is 6.33. The highest BCUT2D eigenvalue weighted by molar-refractivity contribution is 8.26. The van der Waals surface area contributed by atoms with E-state index in [4.69, 9.17) is 21.7 Å². The average molecular weight is 323 g/mol. The van der Waals surface area contributed by atoms with Crippen molar-refractivity contribution in [2.75, 3.05) is 14.2 Å². The second-order valence-electron chi connectivity index (χ2n) is 4.64. The van der Waals surface area contributed by atoms with E-state index in [0.29, 0.717) is 10.1 Å². The number of rotatable bonds is 5. The quantitative estimate of drug-likeness (QED) is 0.666. The third-order valence-corrected chi connectivity index (χ3v) is 4.62. The van der Waals surface area contributed by atoms with Crippen LogP contribution in [0.1, 0.15) is 18.9 Å². The third kappa shape index (κ3) is 3.77. The summed E-state index contributed by atoms with van der Waals surface area (Å²) in [6.45, 7) is 1.97. The standard InChI is InChI=1S/C15H17NO3S2/c1-9(13-14(17)16-15(20)21-13)4-5-10-6-7-11(18-2)12(8-10)19-3/h6-8H,4-5H2,1-3H3,(H,16,17,20)/b13-9-. The molecule has 0 spiro atoms. The summed E-state index contributed by atoms with van der Waals surface area (Å²) < 4.78 is 11.0. The smallest absolute Gasteiger partial charge is 0.263 e. The Morgan fingerprint density at radius 3 is 2.57 bits per heavy atom. The molecule has 0 aromatic heterocycles. The molecule has 0 bridgehead atoms. The van der Waals surface area contributed by atoms with E-state index in [1.165, 1.54) is 11.8 Å². The summed E-state index contributed by atoms with van der Waals surface area (Å²) in [5.74, 6) is 1.34. The average Bonchev–Trinajstić information content (AvgIpc) is 2.83. The van der Waals surface area contributed by atoms with Crippen LogP contribution in [0.4, 0.5) is 0 Å². The Morgan fingerprint density at radius 1 is 1.29 bits per heavy atom. The Labute approximate surface area is 133 Å². The van der Waals surface area contributed by atoms with Crippen LogP contribution in [0.2, 0.25) is 0 Å². The van der Waals surface area contributed by atoms with Crippen molar-refractivity contribution in [3.63, 3.8) is 0 Å². The van der Waals surface area contributed by atoms with Crippen LogP contribution in [0.5, 0.6) is 11.5 Å². The lowest BCUT2D eigenvalue weighted by Crippen LogP contribution is -2.18. The number of thioether (sulfide) groups is 1. The minimum atomic E-state index is -0.0881. The number of benzene rings is 1. The van der Waals surface area contributed by atoms with E-state index >= 15 is 0 Å². The van der Waals surface area contributed by atoms with Gasteiger partial charge in [0, 0.05) is 0 Å². The van der Waals surface area contributed by atoms with Crippen molar-refractivity contribution in [3.8, 4) is 11.5 Å². The van der Waals surface area contributed by atoms with Gasteiger partial charge in [-0.15, -0.1) is 0 Å². The minimum Gasteiger partial charge on any atom is -0.493 e. The second kappa shape index (κ2) is 6.95. The minimum absolute atomic E-state index is 0.0881. The summed E-state index contributed by atoms with van der Waals surface area (Å²) in [4.78, 5) is 12.4. The van der Waals surface area contributed by atoms with E-state index in [0.717, 1.165) is 34.6 Å². The molecule has 1 N–H and O–H groups in total. The molecule has 0 aliphatic carbocycles. The number of carbonyl (C=O) groups excluding carboxylic acids is 1. The van der Waals surface area contributed by atoms with Gasteiger partial charge in [-0.25, -0.2) is 0 Å². The summed E-state index contributed by atoms with van der Waals surface area (Å²) in [6, 6.07) is 5.86. The van der Waals surface area contributed by atoms with Crippen molar-refractivity contribution in [2.24, 2.45) is 0 Å². The number of amides is 1. The van der Waals surface area contributed by atoms with Crippen LogP contribution in [0, 0.1) is 0 Å². The number of methoxy groups -OCH3 is 2. The van der Waals surface area contributed by atoms with Gasteiger partial charge in [0.2, 0.25) is 0 Å². The predicted octanol–water partition coefficient (Wildman–Crippen LogP) is 3.06. The van der Waals surface area contributed by atoms with Crippen LogP contribution >= 0.6 is 24.0 Å². The monoisotopic (exact) mass is 323 g/mol. The zero-order valence-corrected chi connectivity index (χ0v) is 13.8. The molecule has 2 rings (SSSR count). The fraction of sp³-hybridized carbons (Fsp3) is 0.333. The van der Waals surface area contributed by atoms with E-state index in [-0.39, 0.29) is 5.91 Å².